The molecule has 0 bridgehead atoms. The van der Waals surface area contributed by atoms with Crippen molar-refractivity contribution in [3.8, 4) is 33.4 Å². The molecule has 0 aliphatic carbocycles. The number of anilines is 1. The number of fused-ring (bicyclic) bond motifs is 2. The summed E-state index contributed by atoms with van der Waals surface area (Å²) in [6.45, 7) is 6.58. The molecule has 228 valence electrons. The third-order valence-electron chi connectivity index (χ3n) is 9.38. The van der Waals surface area contributed by atoms with Gasteiger partial charge in [-0.2, -0.15) is 0 Å². The summed E-state index contributed by atoms with van der Waals surface area (Å²) in [4.78, 5) is 2.14. The zero-order chi connectivity index (χ0) is 32.3. The monoisotopic (exact) mass is 605 g/mol. The summed E-state index contributed by atoms with van der Waals surface area (Å²) in [5.74, 6) is 0. The summed E-state index contributed by atoms with van der Waals surface area (Å²) in [6, 6.07) is 50.8. The van der Waals surface area contributed by atoms with Crippen molar-refractivity contribution in [2.45, 2.75) is 20.8 Å². The third-order valence-corrected chi connectivity index (χ3v) is 9.38. The van der Waals surface area contributed by atoms with Crippen LogP contribution in [0.1, 0.15) is 29.2 Å². The molecule has 0 aliphatic rings. The summed E-state index contributed by atoms with van der Waals surface area (Å²) in [5, 5.41) is 5.12. The smallest absolute Gasteiger partial charge is 0.0403 e. The number of rotatable bonds is 7. The van der Waals surface area contributed by atoms with Gasteiger partial charge in [0.2, 0.25) is 0 Å². The van der Waals surface area contributed by atoms with Crippen molar-refractivity contribution in [1.82, 2.24) is 0 Å². The first-order valence-electron chi connectivity index (χ1n) is 16.4. The zero-order valence-corrected chi connectivity index (χ0v) is 27.5. The van der Waals surface area contributed by atoms with Crippen LogP contribution in [-0.2, 0) is 0 Å². The molecule has 0 spiro atoms. The molecule has 0 aliphatic heterocycles. The molecule has 0 amide bonds. The van der Waals surface area contributed by atoms with Crippen molar-refractivity contribution in [2.75, 3.05) is 11.9 Å². The van der Waals surface area contributed by atoms with E-state index in [1.165, 1.54) is 82.9 Å². The topological polar surface area (TPSA) is 3.24 Å². The molecule has 7 rings (SSSR count). The Bertz CT molecular complexity index is 2250. The number of benzene rings is 7. The Morgan fingerprint density at radius 1 is 0.468 bits per heavy atom. The van der Waals surface area contributed by atoms with Gasteiger partial charge in [0, 0.05) is 12.7 Å². The second kappa shape index (κ2) is 13.0. The van der Waals surface area contributed by atoms with Crippen molar-refractivity contribution in [3.63, 3.8) is 0 Å². The van der Waals surface area contributed by atoms with Gasteiger partial charge in [0.05, 0.1) is 0 Å². The van der Waals surface area contributed by atoms with Crippen LogP contribution in [0.3, 0.4) is 0 Å². The summed E-state index contributed by atoms with van der Waals surface area (Å²) in [5.41, 5.74) is 13.8. The minimum Gasteiger partial charge on any atom is -0.351 e. The zero-order valence-electron chi connectivity index (χ0n) is 27.5. The number of hydrogen-bond donors (Lipinski definition) is 0. The minimum atomic E-state index is 1.18. The molecule has 47 heavy (non-hydrogen) atoms. The van der Waals surface area contributed by atoms with Gasteiger partial charge in [-0.25, -0.2) is 0 Å². The average Bonchev–Trinajstić information content (AvgIpc) is 3.12. The lowest BCUT2D eigenvalue weighted by molar-refractivity contribution is 1.20. The van der Waals surface area contributed by atoms with E-state index in [9.17, 15) is 0 Å². The van der Waals surface area contributed by atoms with E-state index in [0.29, 0.717) is 0 Å². The van der Waals surface area contributed by atoms with Crippen molar-refractivity contribution in [2.24, 2.45) is 0 Å². The fraction of sp³-hybridized carbons (Fsp3) is 0.0870. The summed E-state index contributed by atoms with van der Waals surface area (Å²) in [7, 11) is 2.08. The first-order chi connectivity index (χ1) is 23.0. The van der Waals surface area contributed by atoms with E-state index in [-0.39, 0.29) is 0 Å². The maximum absolute atomic E-state index is 2.27. The molecule has 7 aromatic carbocycles. The highest BCUT2D eigenvalue weighted by Crippen LogP contribution is 2.41. The molecule has 7 aromatic rings. The fourth-order valence-electron chi connectivity index (χ4n) is 6.72. The van der Waals surface area contributed by atoms with Crippen LogP contribution in [-0.4, -0.2) is 7.05 Å². The van der Waals surface area contributed by atoms with Crippen molar-refractivity contribution < 1.29 is 0 Å². The molecule has 0 radical (unpaired) electrons. The van der Waals surface area contributed by atoms with E-state index in [1.807, 2.05) is 6.92 Å². The number of hydrogen-bond acceptors (Lipinski definition) is 1. The molecular formula is C46H39N. The molecular weight excluding hydrogens is 567 g/mol. The lowest BCUT2D eigenvalue weighted by Crippen LogP contribution is -2.07. The van der Waals surface area contributed by atoms with E-state index in [2.05, 4.69) is 190 Å². The molecule has 0 N–H and O–H groups in total. The Kier molecular flexibility index (Phi) is 8.29. The third kappa shape index (κ3) is 6.01. The second-order valence-electron chi connectivity index (χ2n) is 12.3. The molecule has 0 saturated carbocycles. The lowest BCUT2D eigenvalue weighted by atomic mass is 9.84. The van der Waals surface area contributed by atoms with E-state index in [1.54, 1.807) is 0 Å². The van der Waals surface area contributed by atoms with Crippen LogP contribution < -0.4 is 4.90 Å². The predicted octanol–water partition coefficient (Wildman–Crippen LogP) is 12.8. The SMILES string of the molecule is CC=CN(C)c1ccc(-c2c(C)c(C)c(-c3ccc(C=Cc4ccc(-c5ccc6ccccc6c5)cc4)cc3)c3ccccc23)cc1. The standard InChI is InChI=1S/C46H39N/c1-5-30-47(4)42-28-26-39(27-29-42)46-33(3)32(2)45(43-12-8-9-13-44(43)46)38-22-18-35(19-23-38)15-14-34-16-20-37(21-17-34)41-25-24-36-10-6-7-11-40(36)31-41/h5-31H,1-4H3. The highest BCUT2D eigenvalue weighted by molar-refractivity contribution is 6.08. The largest absolute Gasteiger partial charge is 0.351 e. The Labute approximate surface area is 278 Å². The van der Waals surface area contributed by atoms with Crippen molar-refractivity contribution >= 4 is 39.4 Å². The van der Waals surface area contributed by atoms with Crippen LogP contribution >= 0.6 is 0 Å². The van der Waals surface area contributed by atoms with Crippen molar-refractivity contribution in [1.29, 1.82) is 0 Å². The maximum atomic E-state index is 2.27. The fourth-order valence-corrected chi connectivity index (χ4v) is 6.72. The summed E-state index contributed by atoms with van der Waals surface area (Å²) < 4.78 is 0. The Morgan fingerprint density at radius 3 is 1.49 bits per heavy atom. The Hall–Kier alpha value is -5.66. The van der Waals surface area contributed by atoms with E-state index >= 15 is 0 Å². The first kappa shape index (κ1) is 30.0. The van der Waals surface area contributed by atoms with E-state index in [4.69, 9.17) is 0 Å². The van der Waals surface area contributed by atoms with Crippen LogP contribution in [0.25, 0.3) is 67.1 Å². The molecule has 0 saturated heterocycles. The van der Waals surface area contributed by atoms with Crippen molar-refractivity contribution in [3.05, 3.63) is 174 Å². The molecule has 1 heteroatoms. The van der Waals surface area contributed by atoms with Gasteiger partial charge in [-0.05, 0) is 122 Å². The van der Waals surface area contributed by atoms with Gasteiger partial charge < -0.3 is 4.90 Å². The van der Waals surface area contributed by atoms with Crippen LogP contribution in [0.4, 0.5) is 5.69 Å². The Balaban J connectivity index is 1.15. The molecule has 0 fully saturated rings. The van der Waals surface area contributed by atoms with Gasteiger partial charge in [-0.3, -0.25) is 0 Å². The molecule has 0 aromatic heterocycles. The van der Waals surface area contributed by atoms with E-state index in [0.717, 1.165) is 0 Å². The molecule has 0 unspecified atom stereocenters. The maximum Gasteiger partial charge on any atom is 0.0403 e. The normalized spacial score (nSPS) is 11.7. The summed E-state index contributed by atoms with van der Waals surface area (Å²) >= 11 is 0. The first-order valence-corrected chi connectivity index (χ1v) is 16.4. The van der Waals surface area contributed by atoms with Gasteiger partial charge in [-0.15, -0.1) is 0 Å². The average molecular weight is 606 g/mol. The minimum absolute atomic E-state index is 1.18. The van der Waals surface area contributed by atoms with E-state index < -0.39 is 0 Å². The predicted molar refractivity (Wildman–Crippen MR) is 206 cm³/mol. The van der Waals surface area contributed by atoms with Gasteiger partial charge in [-0.1, -0.05) is 140 Å². The van der Waals surface area contributed by atoms with Crippen LogP contribution in [0.5, 0.6) is 0 Å². The summed E-state index contributed by atoms with van der Waals surface area (Å²) in [6.07, 6.45) is 8.54. The second-order valence-corrected chi connectivity index (χ2v) is 12.3. The van der Waals surface area contributed by atoms with Gasteiger partial charge >= 0.3 is 0 Å². The molecule has 0 atom stereocenters. The number of allylic oxidation sites excluding steroid dienone is 1. The highest BCUT2D eigenvalue weighted by Gasteiger charge is 2.17. The molecule has 1 nitrogen and oxygen atoms in total. The van der Waals surface area contributed by atoms with Crippen LogP contribution in [0.15, 0.2) is 152 Å². The van der Waals surface area contributed by atoms with Crippen LogP contribution in [0.2, 0.25) is 0 Å². The van der Waals surface area contributed by atoms with Gasteiger partial charge in [0.15, 0.2) is 0 Å². The van der Waals surface area contributed by atoms with Gasteiger partial charge in [0.25, 0.3) is 0 Å². The Morgan fingerprint density at radius 2 is 0.936 bits per heavy atom. The number of nitrogens with zero attached hydrogens (tertiary/aromatic N) is 1. The van der Waals surface area contributed by atoms with Gasteiger partial charge in [0.1, 0.15) is 0 Å². The van der Waals surface area contributed by atoms with Crippen LogP contribution in [0, 0.1) is 13.8 Å². The quantitative estimate of drug-likeness (QED) is 0.163. The molecule has 0 heterocycles. The lowest BCUT2D eigenvalue weighted by Gasteiger charge is -2.20. The highest BCUT2D eigenvalue weighted by atomic mass is 15.1.